The van der Waals surface area contributed by atoms with Gasteiger partial charge in [-0.1, -0.05) is 20.3 Å². The molecule has 1 heterocycles. The van der Waals surface area contributed by atoms with E-state index in [1.807, 2.05) is 0 Å². The van der Waals surface area contributed by atoms with E-state index in [9.17, 15) is 29.1 Å². The molecule has 9 N–H and O–H groups in total. The van der Waals surface area contributed by atoms with Crippen molar-refractivity contribution in [1.29, 1.82) is 0 Å². The maximum absolute atomic E-state index is 13.0. The van der Waals surface area contributed by atoms with E-state index in [0.717, 1.165) is 0 Å². The van der Waals surface area contributed by atoms with Gasteiger partial charge >= 0.3 is 5.97 Å². The first-order valence-corrected chi connectivity index (χ1v) is 10.1. The zero-order valence-corrected chi connectivity index (χ0v) is 18.3. The van der Waals surface area contributed by atoms with Crippen molar-refractivity contribution in [2.75, 3.05) is 0 Å². The Morgan fingerprint density at radius 3 is 2.16 bits per heavy atom. The average Bonchev–Trinajstić information content (AvgIpc) is 3.22. The van der Waals surface area contributed by atoms with Crippen molar-refractivity contribution >= 4 is 29.6 Å². The molecule has 5 atom stereocenters. The molecule has 4 amide bonds. The third-order valence-corrected chi connectivity index (χ3v) is 4.84. The largest absolute Gasteiger partial charge is 0.480 e. The van der Waals surface area contributed by atoms with Gasteiger partial charge in [0.15, 0.2) is 0 Å². The van der Waals surface area contributed by atoms with Crippen molar-refractivity contribution in [2.24, 2.45) is 17.4 Å². The van der Waals surface area contributed by atoms with E-state index in [0.29, 0.717) is 12.1 Å². The monoisotopic (exact) mass is 453 g/mol. The number of aromatic nitrogens is 2. The van der Waals surface area contributed by atoms with Gasteiger partial charge in [0.05, 0.1) is 18.8 Å². The van der Waals surface area contributed by atoms with Crippen LogP contribution in [-0.4, -0.2) is 68.8 Å². The molecule has 1 rings (SSSR count). The highest BCUT2D eigenvalue weighted by atomic mass is 16.4. The molecule has 0 spiro atoms. The minimum Gasteiger partial charge on any atom is -0.480 e. The maximum Gasteiger partial charge on any atom is 0.326 e. The number of amides is 4. The van der Waals surface area contributed by atoms with Crippen LogP contribution in [0.25, 0.3) is 0 Å². The highest BCUT2D eigenvalue weighted by Crippen LogP contribution is 2.10. The summed E-state index contributed by atoms with van der Waals surface area (Å²) < 4.78 is 0. The van der Waals surface area contributed by atoms with Gasteiger partial charge < -0.3 is 37.5 Å². The van der Waals surface area contributed by atoms with Crippen molar-refractivity contribution in [1.82, 2.24) is 25.9 Å². The fourth-order valence-corrected chi connectivity index (χ4v) is 2.75. The number of rotatable bonds is 13. The molecule has 0 aliphatic heterocycles. The minimum atomic E-state index is -1.54. The summed E-state index contributed by atoms with van der Waals surface area (Å²) in [5.41, 5.74) is 11.2. The van der Waals surface area contributed by atoms with E-state index in [-0.39, 0.29) is 12.3 Å². The van der Waals surface area contributed by atoms with Crippen LogP contribution in [0.2, 0.25) is 0 Å². The quantitative estimate of drug-likeness (QED) is 0.172. The summed E-state index contributed by atoms with van der Waals surface area (Å²) in [5, 5.41) is 16.6. The van der Waals surface area contributed by atoms with Gasteiger partial charge in [-0.15, -0.1) is 0 Å². The number of aliphatic carboxylic acids is 1. The van der Waals surface area contributed by atoms with Crippen molar-refractivity contribution in [3.63, 3.8) is 0 Å². The van der Waals surface area contributed by atoms with Crippen LogP contribution in [0.15, 0.2) is 12.5 Å². The van der Waals surface area contributed by atoms with Gasteiger partial charge in [0.25, 0.3) is 0 Å². The third-order valence-electron chi connectivity index (χ3n) is 4.84. The fraction of sp³-hybridized carbons (Fsp3) is 0.579. The molecule has 0 saturated heterocycles. The lowest BCUT2D eigenvalue weighted by Crippen LogP contribution is -2.59. The number of aromatic amines is 1. The zero-order valence-electron chi connectivity index (χ0n) is 18.3. The van der Waals surface area contributed by atoms with Crippen LogP contribution in [0.5, 0.6) is 0 Å². The molecule has 1 aromatic rings. The Morgan fingerprint density at radius 2 is 1.69 bits per heavy atom. The highest BCUT2D eigenvalue weighted by Gasteiger charge is 2.33. The summed E-state index contributed by atoms with van der Waals surface area (Å²) in [7, 11) is 0. The Labute approximate surface area is 185 Å². The number of hydrogen-bond acceptors (Lipinski definition) is 7. The number of carboxylic acid groups (broad SMARTS) is 1. The molecule has 13 heteroatoms. The molecule has 0 saturated carbocycles. The number of imidazole rings is 1. The standard InChI is InChI=1S/C19H31N7O6/c1-4-9(2)15(18(30)25-13(19(31)32)6-14(21)27)26-17(29)12(24-16(28)10(3)20)5-11-7-22-8-23-11/h7-10,12-13,15H,4-6,20H2,1-3H3,(H2,21,27)(H,22,23)(H,24,28)(H,25,30)(H,26,29)(H,31,32). The van der Waals surface area contributed by atoms with Gasteiger partial charge in [-0.05, 0) is 12.8 Å². The second kappa shape index (κ2) is 12.4. The molecule has 0 bridgehead atoms. The fourth-order valence-electron chi connectivity index (χ4n) is 2.75. The molecule has 13 nitrogen and oxygen atoms in total. The van der Waals surface area contributed by atoms with Crippen LogP contribution in [-0.2, 0) is 30.4 Å². The smallest absolute Gasteiger partial charge is 0.326 e. The summed E-state index contributed by atoms with van der Waals surface area (Å²) >= 11 is 0. The van der Waals surface area contributed by atoms with E-state index < -0.39 is 60.2 Å². The average molecular weight is 454 g/mol. The first-order chi connectivity index (χ1) is 15.0. The lowest BCUT2D eigenvalue weighted by atomic mass is 9.97. The van der Waals surface area contributed by atoms with Crippen molar-refractivity contribution in [2.45, 2.75) is 64.2 Å². The number of carboxylic acids is 1. The normalized spacial score (nSPS) is 15.5. The summed E-state index contributed by atoms with van der Waals surface area (Å²) in [6.07, 6.45) is 2.83. The predicted molar refractivity (Wildman–Crippen MR) is 113 cm³/mol. The van der Waals surface area contributed by atoms with Gasteiger partial charge in [-0.2, -0.15) is 0 Å². The van der Waals surface area contributed by atoms with Gasteiger partial charge in [-0.25, -0.2) is 9.78 Å². The molecular formula is C19H31N7O6. The van der Waals surface area contributed by atoms with Crippen LogP contribution in [0, 0.1) is 5.92 Å². The number of nitrogens with two attached hydrogens (primary N) is 2. The Hall–Kier alpha value is -3.48. The van der Waals surface area contributed by atoms with Gasteiger partial charge in [0, 0.05) is 18.3 Å². The lowest BCUT2D eigenvalue weighted by molar-refractivity contribution is -0.144. The molecule has 0 aromatic carbocycles. The molecule has 0 fully saturated rings. The SMILES string of the molecule is CCC(C)C(NC(=O)C(Cc1cnc[nH]1)NC(=O)C(C)N)C(=O)NC(CC(N)=O)C(=O)O. The summed E-state index contributed by atoms with van der Waals surface area (Å²) in [5.74, 6) is -4.76. The number of carbonyl (C=O) groups is 5. The molecule has 0 radical (unpaired) electrons. The van der Waals surface area contributed by atoms with Gasteiger partial charge in [0.2, 0.25) is 23.6 Å². The molecule has 5 unspecified atom stereocenters. The lowest BCUT2D eigenvalue weighted by Gasteiger charge is -2.27. The molecule has 32 heavy (non-hydrogen) atoms. The second-order valence-corrected chi connectivity index (χ2v) is 7.57. The van der Waals surface area contributed by atoms with E-state index in [4.69, 9.17) is 11.5 Å². The highest BCUT2D eigenvalue weighted by molar-refractivity contribution is 5.95. The Kier molecular flexibility index (Phi) is 10.3. The van der Waals surface area contributed by atoms with Crippen LogP contribution < -0.4 is 27.4 Å². The molecule has 1 aromatic heterocycles. The van der Waals surface area contributed by atoms with E-state index in [2.05, 4.69) is 25.9 Å². The number of nitrogens with zero attached hydrogens (tertiary/aromatic N) is 1. The first kappa shape index (κ1) is 26.6. The second-order valence-electron chi connectivity index (χ2n) is 7.57. The number of primary amides is 1. The van der Waals surface area contributed by atoms with Gasteiger partial charge in [-0.3, -0.25) is 19.2 Å². The van der Waals surface area contributed by atoms with Crippen molar-refractivity contribution in [3.8, 4) is 0 Å². The molecule has 0 aliphatic carbocycles. The number of H-pyrrole nitrogens is 1. The van der Waals surface area contributed by atoms with Crippen molar-refractivity contribution in [3.05, 3.63) is 18.2 Å². The van der Waals surface area contributed by atoms with Crippen LogP contribution >= 0.6 is 0 Å². The summed E-state index contributed by atoms with van der Waals surface area (Å²) in [4.78, 5) is 67.0. The van der Waals surface area contributed by atoms with Crippen LogP contribution in [0.4, 0.5) is 0 Å². The van der Waals surface area contributed by atoms with Crippen LogP contribution in [0.1, 0.15) is 39.3 Å². The Balaban J connectivity index is 3.05. The molecular weight excluding hydrogens is 422 g/mol. The number of hydrogen-bond donors (Lipinski definition) is 7. The maximum atomic E-state index is 13.0. The number of carbonyl (C=O) groups excluding carboxylic acids is 4. The Morgan fingerprint density at radius 1 is 1.06 bits per heavy atom. The predicted octanol–water partition coefficient (Wildman–Crippen LogP) is -2.24. The minimum absolute atomic E-state index is 0.0541. The third kappa shape index (κ3) is 8.34. The summed E-state index contributed by atoms with van der Waals surface area (Å²) in [6, 6.07) is -4.61. The van der Waals surface area contributed by atoms with Crippen LogP contribution in [0.3, 0.4) is 0 Å². The van der Waals surface area contributed by atoms with E-state index in [1.54, 1.807) is 13.8 Å². The molecule has 178 valence electrons. The van der Waals surface area contributed by atoms with Gasteiger partial charge in [0.1, 0.15) is 18.1 Å². The number of nitrogens with one attached hydrogen (secondary N) is 4. The van der Waals surface area contributed by atoms with E-state index >= 15 is 0 Å². The van der Waals surface area contributed by atoms with Crippen molar-refractivity contribution < 1.29 is 29.1 Å². The zero-order chi connectivity index (χ0) is 24.4. The Bertz CT molecular complexity index is 811. The molecule has 0 aliphatic rings. The first-order valence-electron chi connectivity index (χ1n) is 10.1. The summed E-state index contributed by atoms with van der Waals surface area (Å²) in [6.45, 7) is 4.94. The topological polar surface area (TPSA) is 222 Å². The van der Waals surface area contributed by atoms with E-state index in [1.165, 1.54) is 19.4 Å².